The fourth-order valence-corrected chi connectivity index (χ4v) is 3.13. The number of amides is 2. The average Bonchev–Trinajstić information content (AvgIpc) is 3.05. The minimum absolute atomic E-state index is 0.0357. The molecule has 1 heterocycles. The SMILES string of the molecule is Cn1c(CCC(N)=O)nnc1SCC(=O)NC1CCCC1. The van der Waals surface area contributed by atoms with E-state index in [1.807, 2.05) is 7.05 Å². The molecule has 116 valence electrons. The summed E-state index contributed by atoms with van der Waals surface area (Å²) in [5.41, 5.74) is 5.12. The number of aromatic nitrogens is 3. The van der Waals surface area contributed by atoms with E-state index in [1.165, 1.54) is 24.6 Å². The first-order chi connectivity index (χ1) is 10.1. The van der Waals surface area contributed by atoms with Crippen molar-refractivity contribution < 1.29 is 9.59 Å². The van der Waals surface area contributed by atoms with Crippen LogP contribution in [0.5, 0.6) is 0 Å². The summed E-state index contributed by atoms with van der Waals surface area (Å²) in [4.78, 5) is 22.6. The topological polar surface area (TPSA) is 103 Å². The molecule has 0 bridgehead atoms. The van der Waals surface area contributed by atoms with E-state index in [9.17, 15) is 9.59 Å². The van der Waals surface area contributed by atoms with E-state index in [1.54, 1.807) is 4.57 Å². The number of aryl methyl sites for hydroxylation is 1. The Bertz CT molecular complexity index is 511. The van der Waals surface area contributed by atoms with Crippen molar-refractivity contribution >= 4 is 23.6 Å². The quantitative estimate of drug-likeness (QED) is 0.709. The van der Waals surface area contributed by atoms with Gasteiger partial charge in [0.05, 0.1) is 5.75 Å². The summed E-state index contributed by atoms with van der Waals surface area (Å²) in [5.74, 6) is 0.711. The van der Waals surface area contributed by atoms with E-state index in [4.69, 9.17) is 5.73 Å². The molecule has 0 aromatic carbocycles. The van der Waals surface area contributed by atoms with E-state index in [-0.39, 0.29) is 18.2 Å². The Balaban J connectivity index is 1.79. The van der Waals surface area contributed by atoms with Gasteiger partial charge in [0.15, 0.2) is 5.16 Å². The number of nitrogens with two attached hydrogens (primary N) is 1. The van der Waals surface area contributed by atoms with E-state index in [2.05, 4.69) is 15.5 Å². The van der Waals surface area contributed by atoms with Crippen LogP contribution in [-0.4, -0.2) is 38.4 Å². The van der Waals surface area contributed by atoms with Gasteiger partial charge in [0.2, 0.25) is 11.8 Å². The minimum atomic E-state index is -0.358. The highest BCUT2D eigenvalue weighted by Gasteiger charge is 2.18. The molecule has 2 amide bonds. The zero-order chi connectivity index (χ0) is 15.2. The summed E-state index contributed by atoms with van der Waals surface area (Å²) >= 11 is 1.35. The van der Waals surface area contributed by atoms with Crippen LogP contribution in [-0.2, 0) is 23.1 Å². The van der Waals surface area contributed by atoms with Gasteiger partial charge in [-0.25, -0.2) is 0 Å². The molecular formula is C13H21N5O2S. The molecule has 0 aliphatic heterocycles. The van der Waals surface area contributed by atoms with Gasteiger partial charge < -0.3 is 15.6 Å². The van der Waals surface area contributed by atoms with Crippen LogP contribution in [0, 0.1) is 0 Å². The molecule has 0 spiro atoms. The second kappa shape index (κ2) is 7.44. The number of nitrogens with one attached hydrogen (secondary N) is 1. The number of carbonyl (C=O) groups is 2. The summed E-state index contributed by atoms with van der Waals surface area (Å²) in [6, 6.07) is 0.337. The van der Waals surface area contributed by atoms with Crippen molar-refractivity contribution in [1.82, 2.24) is 20.1 Å². The lowest BCUT2D eigenvalue weighted by molar-refractivity contribution is -0.119. The number of hydrogen-bond acceptors (Lipinski definition) is 5. The van der Waals surface area contributed by atoms with Crippen molar-refractivity contribution in [2.45, 2.75) is 49.7 Å². The third-order valence-electron chi connectivity index (χ3n) is 3.57. The maximum Gasteiger partial charge on any atom is 0.230 e. The Morgan fingerprint density at radius 3 is 2.76 bits per heavy atom. The maximum atomic E-state index is 11.9. The molecule has 8 heteroatoms. The second-order valence-electron chi connectivity index (χ2n) is 5.26. The Morgan fingerprint density at radius 2 is 2.10 bits per heavy atom. The predicted molar refractivity (Wildman–Crippen MR) is 79.6 cm³/mol. The lowest BCUT2D eigenvalue weighted by atomic mass is 10.2. The van der Waals surface area contributed by atoms with Crippen LogP contribution in [0.25, 0.3) is 0 Å². The molecule has 7 nitrogen and oxygen atoms in total. The molecule has 1 aliphatic rings. The third-order valence-corrected chi connectivity index (χ3v) is 4.59. The van der Waals surface area contributed by atoms with Gasteiger partial charge >= 0.3 is 0 Å². The zero-order valence-corrected chi connectivity index (χ0v) is 13.0. The molecule has 3 N–H and O–H groups in total. The standard InChI is InChI=1S/C13H21N5O2S/c1-18-11(7-6-10(14)19)16-17-13(18)21-8-12(20)15-9-4-2-3-5-9/h9H,2-8H2,1H3,(H2,14,19)(H,15,20). The van der Waals surface area contributed by atoms with Crippen LogP contribution in [0.15, 0.2) is 5.16 Å². The molecule has 1 fully saturated rings. The summed E-state index contributed by atoms with van der Waals surface area (Å²) in [5, 5.41) is 11.8. The first kappa shape index (κ1) is 15.8. The molecule has 1 aliphatic carbocycles. The van der Waals surface area contributed by atoms with E-state index >= 15 is 0 Å². The fraction of sp³-hybridized carbons (Fsp3) is 0.692. The van der Waals surface area contributed by atoms with Gasteiger partial charge in [-0.1, -0.05) is 24.6 Å². The van der Waals surface area contributed by atoms with Gasteiger partial charge in [0.25, 0.3) is 0 Å². The van der Waals surface area contributed by atoms with Crippen molar-refractivity contribution in [1.29, 1.82) is 0 Å². The molecule has 0 saturated heterocycles. The molecule has 0 radical (unpaired) electrons. The number of rotatable bonds is 7. The van der Waals surface area contributed by atoms with Crippen molar-refractivity contribution in [3.05, 3.63) is 5.82 Å². The lowest BCUT2D eigenvalue weighted by Crippen LogP contribution is -2.33. The number of hydrogen-bond donors (Lipinski definition) is 2. The van der Waals surface area contributed by atoms with Crippen LogP contribution >= 0.6 is 11.8 Å². The van der Waals surface area contributed by atoms with Crippen LogP contribution < -0.4 is 11.1 Å². The summed E-state index contributed by atoms with van der Waals surface area (Å²) in [6.07, 6.45) is 5.27. The highest BCUT2D eigenvalue weighted by Crippen LogP contribution is 2.19. The van der Waals surface area contributed by atoms with Gasteiger partial charge in [-0.05, 0) is 12.8 Å². The maximum absolute atomic E-state index is 11.9. The lowest BCUT2D eigenvalue weighted by Gasteiger charge is -2.11. The van der Waals surface area contributed by atoms with Crippen molar-refractivity contribution in [2.24, 2.45) is 12.8 Å². The summed E-state index contributed by atoms with van der Waals surface area (Å²) in [6.45, 7) is 0. The molecule has 1 aromatic heterocycles. The third kappa shape index (κ3) is 4.73. The Morgan fingerprint density at radius 1 is 1.38 bits per heavy atom. The van der Waals surface area contributed by atoms with Crippen LogP contribution in [0.3, 0.4) is 0 Å². The van der Waals surface area contributed by atoms with Crippen LogP contribution in [0.1, 0.15) is 37.9 Å². The Labute approximate surface area is 128 Å². The van der Waals surface area contributed by atoms with E-state index in [0.717, 1.165) is 12.8 Å². The van der Waals surface area contributed by atoms with Gasteiger partial charge in [-0.15, -0.1) is 10.2 Å². The summed E-state index contributed by atoms with van der Waals surface area (Å²) in [7, 11) is 1.83. The predicted octanol–water partition coefficient (Wildman–Crippen LogP) is 0.384. The molecule has 1 saturated carbocycles. The van der Waals surface area contributed by atoms with Gasteiger partial charge in [0.1, 0.15) is 5.82 Å². The molecule has 1 aromatic rings. The number of carbonyl (C=O) groups excluding carboxylic acids is 2. The van der Waals surface area contributed by atoms with E-state index < -0.39 is 0 Å². The first-order valence-corrected chi connectivity index (χ1v) is 8.13. The fourth-order valence-electron chi connectivity index (χ4n) is 2.39. The monoisotopic (exact) mass is 311 g/mol. The van der Waals surface area contributed by atoms with Crippen molar-refractivity contribution in [3.63, 3.8) is 0 Å². The molecule has 0 atom stereocenters. The Hall–Kier alpha value is -1.57. The highest BCUT2D eigenvalue weighted by molar-refractivity contribution is 7.99. The van der Waals surface area contributed by atoms with Gasteiger partial charge in [-0.2, -0.15) is 0 Å². The summed E-state index contributed by atoms with van der Waals surface area (Å²) < 4.78 is 1.80. The zero-order valence-electron chi connectivity index (χ0n) is 12.2. The van der Waals surface area contributed by atoms with Crippen molar-refractivity contribution in [3.8, 4) is 0 Å². The number of nitrogens with zero attached hydrogens (tertiary/aromatic N) is 3. The molecule has 2 rings (SSSR count). The average molecular weight is 311 g/mol. The number of thioether (sulfide) groups is 1. The van der Waals surface area contributed by atoms with E-state index in [0.29, 0.717) is 29.2 Å². The molecular weight excluding hydrogens is 290 g/mol. The normalized spacial score (nSPS) is 15.3. The smallest absolute Gasteiger partial charge is 0.230 e. The first-order valence-electron chi connectivity index (χ1n) is 7.15. The van der Waals surface area contributed by atoms with Gasteiger partial charge in [0, 0.05) is 25.9 Å². The van der Waals surface area contributed by atoms with Gasteiger partial charge in [-0.3, -0.25) is 9.59 Å². The van der Waals surface area contributed by atoms with Crippen molar-refractivity contribution in [2.75, 3.05) is 5.75 Å². The molecule has 21 heavy (non-hydrogen) atoms. The second-order valence-corrected chi connectivity index (χ2v) is 6.20. The molecule has 0 unspecified atom stereocenters. The van der Waals surface area contributed by atoms with Crippen LogP contribution in [0.2, 0.25) is 0 Å². The Kier molecular flexibility index (Phi) is 5.60. The minimum Gasteiger partial charge on any atom is -0.370 e. The van der Waals surface area contributed by atoms with Crippen LogP contribution in [0.4, 0.5) is 0 Å². The largest absolute Gasteiger partial charge is 0.370 e. The number of primary amides is 1. The highest BCUT2D eigenvalue weighted by atomic mass is 32.2.